The van der Waals surface area contributed by atoms with Gasteiger partial charge in [0.1, 0.15) is 16.5 Å². The lowest BCUT2D eigenvalue weighted by molar-refractivity contribution is -0.117. The molecule has 112 valence electrons. The summed E-state index contributed by atoms with van der Waals surface area (Å²) in [5.41, 5.74) is 0.672. The van der Waals surface area contributed by atoms with Gasteiger partial charge in [0, 0.05) is 11.8 Å². The summed E-state index contributed by atoms with van der Waals surface area (Å²) >= 11 is 14.4. The first-order chi connectivity index (χ1) is 9.99. The number of ketones is 1. The van der Waals surface area contributed by atoms with E-state index in [-0.39, 0.29) is 5.78 Å². The molecule has 0 bridgehead atoms. The lowest BCUT2D eigenvalue weighted by Gasteiger charge is -2.12. The monoisotopic (exact) mass is 437 g/mol. The number of benzene rings is 1. The molecule has 6 heteroatoms. The van der Waals surface area contributed by atoms with Gasteiger partial charge in [-0.05, 0) is 60.6 Å². The van der Waals surface area contributed by atoms with Crippen LogP contribution >= 0.6 is 45.8 Å². The summed E-state index contributed by atoms with van der Waals surface area (Å²) in [6.07, 6.45) is 2.23. The van der Waals surface area contributed by atoms with E-state index in [0.29, 0.717) is 34.5 Å². The number of hydrogen-bond acceptors (Lipinski definition) is 3. The lowest BCUT2D eigenvalue weighted by atomic mass is 10.2. The van der Waals surface area contributed by atoms with Crippen LogP contribution in [0.1, 0.15) is 26.2 Å². The second-order valence-electron chi connectivity index (χ2n) is 4.71. The van der Waals surface area contributed by atoms with E-state index in [1.807, 2.05) is 12.1 Å². The highest BCUT2D eigenvalue weighted by Gasteiger charge is 2.13. The predicted octanol–water partition coefficient (Wildman–Crippen LogP) is 5.28. The third kappa shape index (κ3) is 4.44. The summed E-state index contributed by atoms with van der Waals surface area (Å²) in [6, 6.07) is 5.40. The standard InChI is InChI=1S/C15H14Cl2INO2/c1-9(20)4-2-3-7-21-15-12(18)8-11(16)10-5-6-13(17)19-14(10)15/h5-6,8H,2-4,7H2,1H3. The van der Waals surface area contributed by atoms with Gasteiger partial charge in [-0.15, -0.1) is 0 Å². The minimum Gasteiger partial charge on any atom is -0.490 e. The van der Waals surface area contributed by atoms with Crippen LogP contribution in [0.4, 0.5) is 0 Å². The normalized spacial score (nSPS) is 10.9. The number of Topliss-reactive ketones (excluding diaryl/α,β-unsaturated/α-hetero) is 1. The lowest BCUT2D eigenvalue weighted by Crippen LogP contribution is -2.02. The molecule has 0 aliphatic carbocycles. The molecule has 0 saturated carbocycles. The van der Waals surface area contributed by atoms with Crippen molar-refractivity contribution in [1.82, 2.24) is 4.98 Å². The Morgan fingerprint density at radius 1 is 1.33 bits per heavy atom. The van der Waals surface area contributed by atoms with Crippen LogP contribution in [0.3, 0.4) is 0 Å². The summed E-state index contributed by atoms with van der Waals surface area (Å²) in [6.45, 7) is 2.14. The minimum atomic E-state index is 0.204. The van der Waals surface area contributed by atoms with Gasteiger partial charge in [-0.1, -0.05) is 23.2 Å². The first-order valence-electron chi connectivity index (χ1n) is 6.55. The van der Waals surface area contributed by atoms with E-state index in [1.54, 1.807) is 13.0 Å². The van der Waals surface area contributed by atoms with E-state index in [9.17, 15) is 4.79 Å². The van der Waals surface area contributed by atoms with Crippen molar-refractivity contribution >= 4 is 62.5 Å². The number of aromatic nitrogens is 1. The molecule has 0 aliphatic rings. The fourth-order valence-corrected chi connectivity index (χ4v) is 3.27. The topological polar surface area (TPSA) is 39.2 Å². The Balaban J connectivity index is 2.18. The van der Waals surface area contributed by atoms with Crippen molar-refractivity contribution in [3.05, 3.63) is 31.9 Å². The summed E-state index contributed by atoms with van der Waals surface area (Å²) in [4.78, 5) is 15.2. The van der Waals surface area contributed by atoms with E-state index >= 15 is 0 Å². The maximum absolute atomic E-state index is 10.9. The smallest absolute Gasteiger partial charge is 0.158 e. The largest absolute Gasteiger partial charge is 0.490 e. The molecule has 1 heterocycles. The van der Waals surface area contributed by atoms with Gasteiger partial charge in [0.25, 0.3) is 0 Å². The Kier molecular flexibility index (Phi) is 6.08. The van der Waals surface area contributed by atoms with Gasteiger partial charge < -0.3 is 9.53 Å². The molecule has 1 aromatic heterocycles. The first kappa shape index (κ1) is 16.8. The number of unbranched alkanes of at least 4 members (excludes halogenated alkanes) is 1. The van der Waals surface area contributed by atoms with Gasteiger partial charge in [-0.25, -0.2) is 4.98 Å². The summed E-state index contributed by atoms with van der Waals surface area (Å²) in [7, 11) is 0. The van der Waals surface area contributed by atoms with Crippen molar-refractivity contribution in [3.8, 4) is 5.75 Å². The molecule has 0 radical (unpaired) electrons. The number of hydrogen-bond donors (Lipinski definition) is 0. The number of carbonyl (C=O) groups excluding carboxylic acids is 1. The Labute approximate surface area is 147 Å². The van der Waals surface area contributed by atoms with Crippen LogP contribution in [0, 0.1) is 3.57 Å². The van der Waals surface area contributed by atoms with Gasteiger partial charge >= 0.3 is 0 Å². The van der Waals surface area contributed by atoms with Crippen molar-refractivity contribution in [2.45, 2.75) is 26.2 Å². The zero-order valence-corrected chi connectivity index (χ0v) is 15.1. The number of pyridine rings is 1. The molecule has 0 amide bonds. The minimum absolute atomic E-state index is 0.204. The Morgan fingerprint density at radius 3 is 2.81 bits per heavy atom. The van der Waals surface area contributed by atoms with Gasteiger partial charge in [0.2, 0.25) is 0 Å². The van der Waals surface area contributed by atoms with Crippen molar-refractivity contribution < 1.29 is 9.53 Å². The van der Waals surface area contributed by atoms with E-state index in [2.05, 4.69) is 27.6 Å². The van der Waals surface area contributed by atoms with Crippen LogP contribution < -0.4 is 4.74 Å². The highest BCUT2D eigenvalue weighted by molar-refractivity contribution is 14.1. The SMILES string of the molecule is CC(=O)CCCCOc1c(I)cc(Cl)c2ccc(Cl)nc12. The molecule has 2 aromatic rings. The molecule has 0 aliphatic heterocycles. The quantitative estimate of drug-likeness (QED) is 0.350. The van der Waals surface area contributed by atoms with E-state index in [1.165, 1.54) is 0 Å². The summed E-state index contributed by atoms with van der Waals surface area (Å²) in [5.74, 6) is 0.898. The average Bonchev–Trinajstić information content (AvgIpc) is 2.41. The van der Waals surface area contributed by atoms with Crippen LogP contribution in [0.5, 0.6) is 5.75 Å². The number of halogens is 3. The van der Waals surface area contributed by atoms with Gasteiger partial charge in [0.05, 0.1) is 15.2 Å². The Hall–Kier alpha value is -0.590. The van der Waals surface area contributed by atoms with Gasteiger partial charge in [-0.2, -0.15) is 0 Å². The third-order valence-electron chi connectivity index (χ3n) is 2.97. The first-order valence-corrected chi connectivity index (χ1v) is 8.39. The molecule has 2 rings (SSSR count). The molecule has 1 aromatic carbocycles. The second-order valence-corrected chi connectivity index (χ2v) is 6.66. The van der Waals surface area contributed by atoms with Crippen molar-refractivity contribution in [3.63, 3.8) is 0 Å². The number of carbonyl (C=O) groups is 1. The zero-order valence-electron chi connectivity index (χ0n) is 11.5. The molecule has 21 heavy (non-hydrogen) atoms. The van der Waals surface area contributed by atoms with Crippen LogP contribution in [-0.2, 0) is 4.79 Å². The Bertz CT molecular complexity index is 676. The highest BCUT2D eigenvalue weighted by atomic mass is 127. The number of rotatable bonds is 6. The van der Waals surface area contributed by atoms with Crippen LogP contribution in [0.2, 0.25) is 10.2 Å². The van der Waals surface area contributed by atoms with Crippen molar-refractivity contribution in [2.24, 2.45) is 0 Å². The fraction of sp³-hybridized carbons (Fsp3) is 0.333. The van der Waals surface area contributed by atoms with Crippen LogP contribution in [-0.4, -0.2) is 17.4 Å². The summed E-state index contributed by atoms with van der Waals surface area (Å²) in [5, 5.41) is 1.85. The zero-order chi connectivity index (χ0) is 15.4. The van der Waals surface area contributed by atoms with E-state index < -0.39 is 0 Å². The molecular weight excluding hydrogens is 424 g/mol. The van der Waals surface area contributed by atoms with Crippen LogP contribution in [0.25, 0.3) is 10.9 Å². The number of ether oxygens (including phenoxy) is 1. The van der Waals surface area contributed by atoms with E-state index in [0.717, 1.165) is 21.8 Å². The maximum Gasteiger partial charge on any atom is 0.158 e. The molecule has 0 fully saturated rings. The van der Waals surface area contributed by atoms with Crippen LogP contribution in [0.15, 0.2) is 18.2 Å². The van der Waals surface area contributed by atoms with Crippen molar-refractivity contribution in [1.29, 1.82) is 0 Å². The molecule has 0 unspecified atom stereocenters. The molecule has 3 nitrogen and oxygen atoms in total. The van der Waals surface area contributed by atoms with Gasteiger partial charge in [-0.3, -0.25) is 0 Å². The predicted molar refractivity (Wildman–Crippen MR) is 94.5 cm³/mol. The molecule has 0 spiro atoms. The van der Waals surface area contributed by atoms with Crippen molar-refractivity contribution in [2.75, 3.05) is 6.61 Å². The molecular formula is C15H14Cl2INO2. The number of nitrogens with zero attached hydrogens (tertiary/aromatic N) is 1. The Morgan fingerprint density at radius 2 is 2.10 bits per heavy atom. The molecule has 0 atom stereocenters. The third-order valence-corrected chi connectivity index (χ3v) is 4.30. The van der Waals surface area contributed by atoms with Gasteiger partial charge in [0.15, 0.2) is 5.75 Å². The second kappa shape index (κ2) is 7.61. The fourth-order valence-electron chi connectivity index (χ4n) is 1.96. The molecule has 0 N–H and O–H groups in total. The average molecular weight is 438 g/mol. The molecule has 0 saturated heterocycles. The van der Waals surface area contributed by atoms with E-state index in [4.69, 9.17) is 27.9 Å². The maximum atomic E-state index is 10.9. The summed E-state index contributed by atoms with van der Waals surface area (Å²) < 4.78 is 6.74. The number of fused-ring (bicyclic) bond motifs is 1. The highest BCUT2D eigenvalue weighted by Crippen LogP contribution is 2.35.